The van der Waals surface area contributed by atoms with Gasteiger partial charge >= 0.3 is 0 Å². The van der Waals surface area contributed by atoms with Gasteiger partial charge in [0.1, 0.15) is 0 Å². The van der Waals surface area contributed by atoms with Crippen LogP contribution in [0.2, 0.25) is 0 Å². The van der Waals surface area contributed by atoms with Crippen LogP contribution in [-0.4, -0.2) is 60.6 Å². The third-order valence-corrected chi connectivity index (χ3v) is 6.18. The van der Waals surface area contributed by atoms with Crippen LogP contribution in [0.3, 0.4) is 0 Å². The van der Waals surface area contributed by atoms with Crippen molar-refractivity contribution >= 4 is 0 Å². The molecule has 3 rings (SSSR count). The van der Waals surface area contributed by atoms with Gasteiger partial charge in [0, 0.05) is 37.8 Å². The number of nitrogens with one attached hydrogen (secondary N) is 1. The number of likely N-dealkylation sites (N-methyl/N-ethyl adjacent to an activating group) is 1. The number of rotatable bonds is 5. The van der Waals surface area contributed by atoms with Gasteiger partial charge in [-0.3, -0.25) is 9.80 Å². The summed E-state index contributed by atoms with van der Waals surface area (Å²) in [6.45, 7) is 11.1. The molecule has 3 aliphatic rings. The maximum absolute atomic E-state index is 3.81. The lowest BCUT2D eigenvalue weighted by Crippen LogP contribution is -2.61. The first-order valence-corrected chi connectivity index (χ1v) is 9.49. The Morgan fingerprint density at radius 2 is 1.81 bits per heavy atom. The summed E-state index contributed by atoms with van der Waals surface area (Å²) in [5, 5.41) is 3.81. The minimum Gasteiger partial charge on any atom is -0.313 e. The van der Waals surface area contributed by atoms with Crippen LogP contribution in [0.5, 0.6) is 0 Å². The molecule has 1 saturated carbocycles. The number of hydrogen-bond acceptors (Lipinski definition) is 3. The van der Waals surface area contributed by atoms with Gasteiger partial charge in [0.25, 0.3) is 0 Å². The fraction of sp³-hybridized carbons (Fsp3) is 1.00. The topological polar surface area (TPSA) is 18.5 Å². The van der Waals surface area contributed by atoms with E-state index in [-0.39, 0.29) is 0 Å². The third-order valence-electron chi connectivity index (χ3n) is 6.18. The maximum atomic E-state index is 3.81. The molecule has 0 spiro atoms. The third kappa shape index (κ3) is 3.80. The summed E-state index contributed by atoms with van der Waals surface area (Å²) in [4.78, 5) is 5.57. The molecule has 0 aromatic carbocycles. The minimum atomic E-state index is 0.732. The van der Waals surface area contributed by atoms with Crippen LogP contribution >= 0.6 is 0 Å². The lowest BCUT2D eigenvalue weighted by atomic mass is 9.93. The van der Waals surface area contributed by atoms with Crippen molar-refractivity contribution in [1.82, 2.24) is 15.1 Å². The molecule has 3 nitrogen and oxygen atoms in total. The highest BCUT2D eigenvalue weighted by Crippen LogP contribution is 2.30. The Morgan fingerprint density at radius 1 is 1.05 bits per heavy atom. The summed E-state index contributed by atoms with van der Waals surface area (Å²) in [6.07, 6.45) is 10.1. The molecule has 0 amide bonds. The van der Waals surface area contributed by atoms with Crippen LogP contribution in [0, 0.1) is 5.92 Å². The van der Waals surface area contributed by atoms with Gasteiger partial charge in [-0.1, -0.05) is 26.2 Å². The predicted molar refractivity (Wildman–Crippen MR) is 89.7 cm³/mol. The van der Waals surface area contributed by atoms with E-state index in [4.69, 9.17) is 0 Å². The van der Waals surface area contributed by atoms with E-state index >= 15 is 0 Å². The van der Waals surface area contributed by atoms with E-state index in [2.05, 4.69) is 29.0 Å². The van der Waals surface area contributed by atoms with E-state index in [0.717, 1.165) is 30.6 Å². The molecule has 0 radical (unpaired) electrons. The fourth-order valence-electron chi connectivity index (χ4n) is 4.92. The Balaban J connectivity index is 1.58. The molecular formula is C18H35N3. The normalized spacial score (nSPS) is 34.0. The molecule has 3 fully saturated rings. The molecule has 2 heterocycles. The lowest BCUT2D eigenvalue weighted by Gasteiger charge is -2.48. The van der Waals surface area contributed by atoms with Gasteiger partial charge in [0.05, 0.1) is 0 Å². The first-order valence-electron chi connectivity index (χ1n) is 9.49. The van der Waals surface area contributed by atoms with Crippen molar-refractivity contribution in [2.75, 3.05) is 32.7 Å². The van der Waals surface area contributed by atoms with E-state index in [1.807, 2.05) is 0 Å². The summed E-state index contributed by atoms with van der Waals surface area (Å²) in [5.41, 5.74) is 0. The molecule has 3 unspecified atom stereocenters. The van der Waals surface area contributed by atoms with Crippen molar-refractivity contribution in [1.29, 1.82) is 0 Å². The second-order valence-electron chi connectivity index (χ2n) is 7.66. The average molecular weight is 293 g/mol. The number of hydrogen-bond donors (Lipinski definition) is 1. The minimum absolute atomic E-state index is 0.732. The number of piperazine rings is 1. The Bertz CT molecular complexity index is 314. The van der Waals surface area contributed by atoms with Crippen LogP contribution < -0.4 is 5.32 Å². The fourth-order valence-corrected chi connectivity index (χ4v) is 4.92. The molecule has 0 aromatic rings. The quantitative estimate of drug-likeness (QED) is 0.841. The number of fused-ring (bicyclic) bond motifs is 1. The van der Waals surface area contributed by atoms with Gasteiger partial charge in [0.15, 0.2) is 0 Å². The van der Waals surface area contributed by atoms with E-state index < -0.39 is 0 Å². The number of nitrogens with zero attached hydrogens (tertiary/aromatic N) is 2. The molecule has 2 saturated heterocycles. The Labute approximate surface area is 131 Å². The molecule has 21 heavy (non-hydrogen) atoms. The van der Waals surface area contributed by atoms with Crippen molar-refractivity contribution in [2.45, 2.75) is 76.9 Å². The SMILES string of the molecule is CCNC(CN1CC2CCCCN2CC1C)C1CCCC1. The maximum Gasteiger partial charge on any atom is 0.0223 e. The highest BCUT2D eigenvalue weighted by molar-refractivity contribution is 4.92. The van der Waals surface area contributed by atoms with Crippen LogP contribution in [0.25, 0.3) is 0 Å². The van der Waals surface area contributed by atoms with E-state index in [1.54, 1.807) is 0 Å². The summed E-state index contributed by atoms with van der Waals surface area (Å²) < 4.78 is 0. The number of piperidine rings is 1. The first kappa shape index (κ1) is 15.8. The zero-order chi connectivity index (χ0) is 14.7. The predicted octanol–water partition coefficient (Wildman–Crippen LogP) is 2.71. The summed E-state index contributed by atoms with van der Waals surface area (Å²) in [6, 6.07) is 2.32. The lowest BCUT2D eigenvalue weighted by molar-refractivity contribution is 0.00756. The molecular weight excluding hydrogens is 258 g/mol. The molecule has 0 aromatic heterocycles. The standard InChI is InChI=1S/C18H35N3/c1-3-19-18(16-8-4-5-9-16)14-21-13-17-10-6-7-11-20(17)12-15(21)2/h15-19H,3-14H2,1-2H3. The van der Waals surface area contributed by atoms with Crippen LogP contribution in [0.4, 0.5) is 0 Å². The van der Waals surface area contributed by atoms with Crippen molar-refractivity contribution in [3.8, 4) is 0 Å². The van der Waals surface area contributed by atoms with Gasteiger partial charge in [-0.2, -0.15) is 0 Å². The van der Waals surface area contributed by atoms with Gasteiger partial charge in [-0.05, 0) is 51.6 Å². The summed E-state index contributed by atoms with van der Waals surface area (Å²) in [7, 11) is 0. The smallest absolute Gasteiger partial charge is 0.0223 e. The monoisotopic (exact) mass is 293 g/mol. The van der Waals surface area contributed by atoms with Gasteiger partial charge in [-0.15, -0.1) is 0 Å². The molecule has 2 aliphatic heterocycles. The molecule has 0 bridgehead atoms. The van der Waals surface area contributed by atoms with Crippen LogP contribution in [-0.2, 0) is 0 Å². The van der Waals surface area contributed by atoms with Gasteiger partial charge < -0.3 is 5.32 Å². The highest BCUT2D eigenvalue weighted by atomic mass is 15.3. The van der Waals surface area contributed by atoms with Crippen molar-refractivity contribution < 1.29 is 0 Å². The molecule has 1 N–H and O–H groups in total. The van der Waals surface area contributed by atoms with Gasteiger partial charge in [0.2, 0.25) is 0 Å². The van der Waals surface area contributed by atoms with E-state index in [0.29, 0.717) is 0 Å². The second-order valence-corrected chi connectivity index (χ2v) is 7.66. The molecule has 3 heteroatoms. The Kier molecular flexibility index (Phi) is 5.58. The average Bonchev–Trinajstić information content (AvgIpc) is 3.01. The molecule has 3 atom stereocenters. The van der Waals surface area contributed by atoms with Crippen molar-refractivity contribution in [3.63, 3.8) is 0 Å². The zero-order valence-corrected chi connectivity index (χ0v) is 14.2. The largest absolute Gasteiger partial charge is 0.313 e. The van der Waals surface area contributed by atoms with Crippen molar-refractivity contribution in [2.24, 2.45) is 5.92 Å². The molecule has 1 aliphatic carbocycles. The zero-order valence-electron chi connectivity index (χ0n) is 14.2. The van der Waals surface area contributed by atoms with Gasteiger partial charge in [-0.25, -0.2) is 0 Å². The Morgan fingerprint density at radius 3 is 2.57 bits per heavy atom. The summed E-state index contributed by atoms with van der Waals surface area (Å²) >= 11 is 0. The van der Waals surface area contributed by atoms with Crippen molar-refractivity contribution in [3.05, 3.63) is 0 Å². The summed E-state index contributed by atoms with van der Waals surface area (Å²) in [5.74, 6) is 0.932. The van der Waals surface area contributed by atoms with Crippen LogP contribution in [0.15, 0.2) is 0 Å². The second kappa shape index (κ2) is 7.43. The van der Waals surface area contributed by atoms with E-state index in [1.165, 1.54) is 71.1 Å². The Hall–Kier alpha value is -0.120. The van der Waals surface area contributed by atoms with Crippen LogP contribution in [0.1, 0.15) is 58.8 Å². The highest BCUT2D eigenvalue weighted by Gasteiger charge is 2.35. The molecule has 122 valence electrons. The first-order chi connectivity index (χ1) is 10.3. The van der Waals surface area contributed by atoms with E-state index in [9.17, 15) is 0 Å².